The highest BCUT2D eigenvalue weighted by Gasteiger charge is 2.25. The van der Waals surface area contributed by atoms with E-state index in [-0.39, 0.29) is 13.2 Å². The SMILES string of the molecule is C[C@H](NC(=O)OCc1ccccc1)c1nnnn1[C@@H](C)C(=O)OCc1ccccc1. The summed E-state index contributed by atoms with van der Waals surface area (Å²) in [7, 11) is 0. The van der Waals surface area contributed by atoms with E-state index in [0.29, 0.717) is 5.82 Å². The predicted molar refractivity (Wildman–Crippen MR) is 107 cm³/mol. The average molecular weight is 409 g/mol. The minimum absolute atomic E-state index is 0.145. The van der Waals surface area contributed by atoms with Crippen LogP contribution in [0.1, 0.15) is 42.9 Å². The fourth-order valence-electron chi connectivity index (χ4n) is 2.72. The van der Waals surface area contributed by atoms with Gasteiger partial charge in [-0.2, -0.15) is 0 Å². The van der Waals surface area contributed by atoms with Crippen molar-refractivity contribution in [2.75, 3.05) is 0 Å². The van der Waals surface area contributed by atoms with Gasteiger partial charge < -0.3 is 14.8 Å². The number of benzene rings is 2. The van der Waals surface area contributed by atoms with Gasteiger partial charge in [-0.1, -0.05) is 60.7 Å². The first kappa shape index (κ1) is 21.0. The second-order valence-electron chi connectivity index (χ2n) is 6.68. The van der Waals surface area contributed by atoms with Crippen LogP contribution in [-0.4, -0.2) is 32.3 Å². The molecule has 2 aromatic carbocycles. The summed E-state index contributed by atoms with van der Waals surface area (Å²) >= 11 is 0. The van der Waals surface area contributed by atoms with Gasteiger partial charge >= 0.3 is 12.1 Å². The fraction of sp³-hybridized carbons (Fsp3) is 0.286. The maximum absolute atomic E-state index is 12.4. The Kier molecular flexibility index (Phi) is 7.09. The van der Waals surface area contributed by atoms with Gasteiger partial charge in [0.25, 0.3) is 0 Å². The molecule has 0 aliphatic heterocycles. The number of hydrogen-bond donors (Lipinski definition) is 1. The van der Waals surface area contributed by atoms with E-state index in [1.54, 1.807) is 13.8 Å². The molecule has 0 bridgehead atoms. The molecule has 1 aromatic heterocycles. The number of alkyl carbamates (subject to hydrolysis) is 1. The number of aromatic nitrogens is 4. The number of nitrogens with one attached hydrogen (secondary N) is 1. The summed E-state index contributed by atoms with van der Waals surface area (Å²) in [5.74, 6) is -0.165. The molecule has 1 N–H and O–H groups in total. The smallest absolute Gasteiger partial charge is 0.408 e. The lowest BCUT2D eigenvalue weighted by molar-refractivity contribution is -0.148. The largest absolute Gasteiger partial charge is 0.459 e. The van der Waals surface area contributed by atoms with Gasteiger partial charge in [-0.25, -0.2) is 14.3 Å². The molecule has 1 amide bonds. The molecule has 0 fully saturated rings. The van der Waals surface area contributed by atoms with Crippen molar-refractivity contribution >= 4 is 12.1 Å². The minimum atomic E-state index is -0.761. The third-order valence-corrected chi connectivity index (χ3v) is 4.38. The molecule has 0 radical (unpaired) electrons. The van der Waals surface area contributed by atoms with Crippen molar-refractivity contribution in [3.05, 3.63) is 77.6 Å². The summed E-state index contributed by atoms with van der Waals surface area (Å²) < 4.78 is 11.9. The first-order chi connectivity index (χ1) is 14.5. The van der Waals surface area contributed by atoms with Crippen LogP contribution in [0.4, 0.5) is 4.79 Å². The lowest BCUT2D eigenvalue weighted by atomic mass is 10.2. The van der Waals surface area contributed by atoms with Gasteiger partial charge in [0.15, 0.2) is 11.9 Å². The summed E-state index contributed by atoms with van der Waals surface area (Å²) in [6.45, 7) is 3.63. The van der Waals surface area contributed by atoms with Crippen LogP contribution < -0.4 is 5.32 Å². The van der Waals surface area contributed by atoms with Crippen LogP contribution in [0, 0.1) is 0 Å². The summed E-state index contributed by atoms with van der Waals surface area (Å²) in [6, 6.07) is 17.4. The number of nitrogens with zero attached hydrogens (tertiary/aromatic N) is 4. The number of ether oxygens (including phenoxy) is 2. The lowest BCUT2D eigenvalue weighted by Gasteiger charge is -2.17. The Balaban J connectivity index is 1.55. The van der Waals surface area contributed by atoms with E-state index < -0.39 is 24.1 Å². The highest BCUT2D eigenvalue weighted by atomic mass is 16.5. The zero-order valence-corrected chi connectivity index (χ0v) is 16.8. The molecule has 0 saturated heterocycles. The van der Waals surface area contributed by atoms with Crippen molar-refractivity contribution in [3.63, 3.8) is 0 Å². The Morgan fingerprint density at radius 2 is 1.50 bits per heavy atom. The molecule has 3 aromatic rings. The average Bonchev–Trinajstić information content (AvgIpc) is 3.27. The molecule has 1 heterocycles. The Hall–Kier alpha value is -3.75. The Morgan fingerprint density at radius 1 is 0.933 bits per heavy atom. The highest BCUT2D eigenvalue weighted by molar-refractivity contribution is 5.73. The molecule has 0 aliphatic carbocycles. The molecule has 9 nitrogen and oxygen atoms in total. The number of hydrogen-bond acceptors (Lipinski definition) is 7. The molecular formula is C21H23N5O4. The molecule has 30 heavy (non-hydrogen) atoms. The van der Waals surface area contributed by atoms with E-state index >= 15 is 0 Å². The second-order valence-corrected chi connectivity index (χ2v) is 6.68. The van der Waals surface area contributed by atoms with Gasteiger partial charge in [-0.3, -0.25) is 0 Å². The molecule has 0 saturated carbocycles. The zero-order valence-electron chi connectivity index (χ0n) is 16.8. The van der Waals surface area contributed by atoms with Crippen molar-refractivity contribution in [2.24, 2.45) is 0 Å². The first-order valence-electron chi connectivity index (χ1n) is 9.50. The number of rotatable bonds is 8. The molecule has 9 heteroatoms. The van der Waals surface area contributed by atoms with Crippen molar-refractivity contribution in [2.45, 2.75) is 39.1 Å². The topological polar surface area (TPSA) is 108 Å². The van der Waals surface area contributed by atoms with Gasteiger partial charge in [-0.05, 0) is 35.4 Å². The number of carbonyl (C=O) groups is 2. The minimum Gasteiger partial charge on any atom is -0.459 e. The van der Waals surface area contributed by atoms with E-state index in [4.69, 9.17) is 9.47 Å². The number of carbonyl (C=O) groups excluding carboxylic acids is 2. The third kappa shape index (κ3) is 5.63. The zero-order chi connectivity index (χ0) is 21.3. The Bertz CT molecular complexity index is 962. The summed E-state index contributed by atoms with van der Waals surface area (Å²) in [6.07, 6.45) is -0.611. The molecule has 0 spiro atoms. The monoisotopic (exact) mass is 409 g/mol. The normalized spacial score (nSPS) is 12.6. The van der Waals surface area contributed by atoms with Crippen LogP contribution in [-0.2, 0) is 27.5 Å². The fourth-order valence-corrected chi connectivity index (χ4v) is 2.72. The van der Waals surface area contributed by atoms with Gasteiger partial charge in [-0.15, -0.1) is 5.10 Å². The van der Waals surface area contributed by atoms with Crippen molar-refractivity contribution in [3.8, 4) is 0 Å². The van der Waals surface area contributed by atoms with E-state index in [1.165, 1.54) is 4.68 Å². The molecule has 3 rings (SSSR count). The van der Waals surface area contributed by atoms with Gasteiger partial charge in [0.2, 0.25) is 0 Å². The van der Waals surface area contributed by atoms with Crippen LogP contribution in [0.25, 0.3) is 0 Å². The number of amides is 1. The summed E-state index contributed by atoms with van der Waals surface area (Å²) in [4.78, 5) is 24.5. The standard InChI is InChI=1S/C21H23N5O4/c1-15(22-21(28)30-14-18-11-7-4-8-12-18)19-23-24-25-26(19)16(2)20(27)29-13-17-9-5-3-6-10-17/h3-12,15-16H,13-14H2,1-2H3,(H,22,28)/t15-,16-/m0/s1. The van der Waals surface area contributed by atoms with E-state index in [1.807, 2.05) is 60.7 Å². The first-order valence-corrected chi connectivity index (χ1v) is 9.50. The predicted octanol–water partition coefficient (Wildman–Crippen LogP) is 2.96. The lowest BCUT2D eigenvalue weighted by Crippen LogP contribution is -2.31. The van der Waals surface area contributed by atoms with Gasteiger partial charge in [0.1, 0.15) is 13.2 Å². The van der Waals surface area contributed by atoms with Crippen LogP contribution in [0.5, 0.6) is 0 Å². The number of esters is 1. The highest BCUT2D eigenvalue weighted by Crippen LogP contribution is 2.15. The van der Waals surface area contributed by atoms with Gasteiger partial charge in [0, 0.05) is 0 Å². The van der Waals surface area contributed by atoms with Crippen molar-refractivity contribution < 1.29 is 19.1 Å². The molecule has 0 aliphatic rings. The van der Waals surface area contributed by atoms with Crippen LogP contribution in [0.15, 0.2) is 60.7 Å². The van der Waals surface area contributed by atoms with Crippen molar-refractivity contribution in [1.29, 1.82) is 0 Å². The Labute approximate surface area is 174 Å². The Morgan fingerprint density at radius 3 is 2.10 bits per heavy atom. The quantitative estimate of drug-likeness (QED) is 0.570. The molecule has 0 unspecified atom stereocenters. The second kappa shape index (κ2) is 10.1. The third-order valence-electron chi connectivity index (χ3n) is 4.38. The molecule has 2 atom stereocenters. The molecular weight excluding hydrogens is 386 g/mol. The van der Waals surface area contributed by atoms with Gasteiger partial charge in [0.05, 0.1) is 6.04 Å². The van der Waals surface area contributed by atoms with Crippen molar-refractivity contribution in [1.82, 2.24) is 25.5 Å². The van der Waals surface area contributed by atoms with Crippen LogP contribution in [0.3, 0.4) is 0 Å². The van der Waals surface area contributed by atoms with Crippen LogP contribution in [0.2, 0.25) is 0 Å². The maximum atomic E-state index is 12.4. The summed E-state index contributed by atoms with van der Waals surface area (Å²) in [5.41, 5.74) is 1.76. The maximum Gasteiger partial charge on any atom is 0.408 e. The van der Waals surface area contributed by atoms with Crippen LogP contribution >= 0.6 is 0 Å². The van der Waals surface area contributed by atoms with E-state index in [9.17, 15) is 9.59 Å². The van der Waals surface area contributed by atoms with E-state index in [0.717, 1.165) is 11.1 Å². The number of tetrazole rings is 1. The molecule has 156 valence electrons. The summed E-state index contributed by atoms with van der Waals surface area (Å²) in [5, 5.41) is 14.1. The van der Waals surface area contributed by atoms with E-state index in [2.05, 4.69) is 20.8 Å².